The summed E-state index contributed by atoms with van der Waals surface area (Å²) in [5, 5.41) is 10.7. The third-order valence-electron chi connectivity index (χ3n) is 5.73. The van der Waals surface area contributed by atoms with Gasteiger partial charge in [0, 0.05) is 28.4 Å². The van der Waals surface area contributed by atoms with Crippen LogP contribution in [0.25, 0.3) is 22.0 Å². The van der Waals surface area contributed by atoms with Crippen LogP contribution in [0.1, 0.15) is 18.0 Å². The zero-order valence-corrected chi connectivity index (χ0v) is 17.6. The molecule has 0 fully saturated rings. The van der Waals surface area contributed by atoms with E-state index < -0.39 is 18.5 Å². The molecule has 1 unspecified atom stereocenters. The lowest BCUT2D eigenvalue weighted by molar-refractivity contribution is -0.122. The normalized spacial score (nSPS) is 16.3. The van der Waals surface area contributed by atoms with Crippen LogP contribution in [0.4, 0.5) is 14.5 Å². The van der Waals surface area contributed by atoms with Gasteiger partial charge in [-0.25, -0.2) is 18.4 Å². The van der Waals surface area contributed by atoms with Crippen LogP contribution in [0.5, 0.6) is 0 Å². The van der Waals surface area contributed by atoms with Crippen LogP contribution in [0.15, 0.2) is 54.9 Å². The molecule has 32 heavy (non-hydrogen) atoms. The van der Waals surface area contributed by atoms with Crippen molar-refractivity contribution in [3.05, 3.63) is 71.4 Å². The highest BCUT2D eigenvalue weighted by atomic mass is 35.5. The molecule has 5 rings (SSSR count). The molecule has 1 aliphatic rings. The number of pyridine rings is 1. The summed E-state index contributed by atoms with van der Waals surface area (Å²) in [6.07, 6.45) is 4.03. The monoisotopic (exact) mass is 453 g/mol. The van der Waals surface area contributed by atoms with Crippen molar-refractivity contribution in [1.29, 1.82) is 0 Å². The predicted octanol–water partition coefficient (Wildman–Crippen LogP) is 4.78. The first-order chi connectivity index (χ1) is 15.5. The summed E-state index contributed by atoms with van der Waals surface area (Å²) in [5.41, 5.74) is 2.22. The number of anilines is 1. The number of amides is 1. The fourth-order valence-electron chi connectivity index (χ4n) is 4.15. The molecular weight excluding hydrogens is 436 g/mol. The SMILES string of the molecule is O=C1C(n2cc(-c3ccc4cc(Cl)ncc4c3)nn2)CCc2c(F)cccc2N1CCF. The molecule has 162 valence electrons. The number of nitrogens with zero attached hydrogens (tertiary/aromatic N) is 5. The number of halogens is 3. The molecule has 4 aromatic rings. The summed E-state index contributed by atoms with van der Waals surface area (Å²) >= 11 is 5.95. The van der Waals surface area contributed by atoms with E-state index in [-0.39, 0.29) is 12.5 Å². The fraction of sp³-hybridized carbons (Fsp3) is 0.217. The molecule has 1 aliphatic heterocycles. The zero-order chi connectivity index (χ0) is 22.2. The molecule has 1 amide bonds. The molecule has 2 aromatic carbocycles. The molecule has 2 aromatic heterocycles. The lowest BCUT2D eigenvalue weighted by atomic mass is 10.1. The number of fused-ring (bicyclic) bond motifs is 2. The summed E-state index contributed by atoms with van der Waals surface area (Å²) < 4.78 is 29.2. The minimum atomic E-state index is -0.730. The largest absolute Gasteiger partial charge is 0.308 e. The number of hydrogen-bond acceptors (Lipinski definition) is 4. The molecule has 0 saturated heterocycles. The number of benzene rings is 2. The molecule has 1 atom stereocenters. The second kappa shape index (κ2) is 8.27. The third-order valence-corrected chi connectivity index (χ3v) is 5.93. The van der Waals surface area contributed by atoms with E-state index in [9.17, 15) is 13.6 Å². The molecule has 0 bridgehead atoms. The van der Waals surface area contributed by atoms with Gasteiger partial charge in [-0.3, -0.25) is 4.79 Å². The molecule has 0 spiro atoms. The van der Waals surface area contributed by atoms with Gasteiger partial charge in [0.05, 0.1) is 12.7 Å². The second-order valence-corrected chi connectivity index (χ2v) is 8.01. The second-order valence-electron chi connectivity index (χ2n) is 7.62. The standard InChI is InChI=1S/C23H18ClF2N5O/c24-22-11-14-4-5-15(10-16(14)12-27-22)19-13-31(29-28-19)21-7-6-17-18(26)2-1-3-20(17)30(9-8-25)23(21)32/h1-5,10-13,21H,6-9H2. The minimum Gasteiger partial charge on any atom is -0.308 e. The van der Waals surface area contributed by atoms with Crippen LogP contribution < -0.4 is 4.90 Å². The first kappa shape index (κ1) is 20.5. The Morgan fingerprint density at radius 2 is 2.03 bits per heavy atom. The Kier molecular flexibility index (Phi) is 5.30. The molecule has 0 saturated carbocycles. The average molecular weight is 454 g/mol. The maximum absolute atomic E-state index is 14.4. The highest BCUT2D eigenvalue weighted by molar-refractivity contribution is 6.30. The van der Waals surface area contributed by atoms with Crippen LogP contribution in [-0.2, 0) is 11.2 Å². The van der Waals surface area contributed by atoms with Gasteiger partial charge < -0.3 is 4.90 Å². The van der Waals surface area contributed by atoms with E-state index in [0.29, 0.717) is 34.9 Å². The van der Waals surface area contributed by atoms with Gasteiger partial charge in [-0.05, 0) is 42.5 Å². The Hall–Kier alpha value is -3.39. The Morgan fingerprint density at radius 3 is 2.88 bits per heavy atom. The maximum atomic E-state index is 14.4. The Morgan fingerprint density at radius 1 is 1.16 bits per heavy atom. The summed E-state index contributed by atoms with van der Waals surface area (Å²) in [6, 6.07) is 11.3. The number of hydrogen-bond donors (Lipinski definition) is 0. The van der Waals surface area contributed by atoms with Crippen LogP contribution in [0.2, 0.25) is 5.15 Å². The van der Waals surface area contributed by atoms with Crippen molar-refractivity contribution in [1.82, 2.24) is 20.0 Å². The van der Waals surface area contributed by atoms with Crippen molar-refractivity contribution in [3.63, 3.8) is 0 Å². The lowest BCUT2D eigenvalue weighted by Gasteiger charge is -2.24. The van der Waals surface area contributed by atoms with Crippen LogP contribution in [-0.4, -0.2) is 39.1 Å². The first-order valence-corrected chi connectivity index (χ1v) is 10.5. The topological polar surface area (TPSA) is 63.9 Å². The molecule has 0 aliphatic carbocycles. The number of aromatic nitrogens is 4. The van der Waals surface area contributed by atoms with Crippen molar-refractivity contribution in [3.8, 4) is 11.3 Å². The summed E-state index contributed by atoms with van der Waals surface area (Å²) in [7, 11) is 0. The van der Waals surface area contributed by atoms with Crippen molar-refractivity contribution in [2.45, 2.75) is 18.9 Å². The van der Waals surface area contributed by atoms with E-state index in [0.717, 1.165) is 16.3 Å². The third kappa shape index (κ3) is 3.60. The van der Waals surface area contributed by atoms with Crippen LogP contribution >= 0.6 is 11.6 Å². The van der Waals surface area contributed by atoms with E-state index in [2.05, 4.69) is 15.3 Å². The van der Waals surface area contributed by atoms with Gasteiger partial charge in [0.25, 0.3) is 5.91 Å². The molecule has 6 nitrogen and oxygen atoms in total. The van der Waals surface area contributed by atoms with Crippen LogP contribution in [0, 0.1) is 5.82 Å². The van der Waals surface area contributed by atoms with Crippen LogP contribution in [0.3, 0.4) is 0 Å². The molecule has 9 heteroatoms. The van der Waals surface area contributed by atoms with Gasteiger partial charge in [0.1, 0.15) is 29.4 Å². The summed E-state index contributed by atoms with van der Waals surface area (Å²) in [6.45, 7) is -0.875. The molecule has 0 radical (unpaired) electrons. The summed E-state index contributed by atoms with van der Waals surface area (Å²) in [5.74, 6) is -0.732. The van der Waals surface area contributed by atoms with Gasteiger partial charge in [-0.15, -0.1) is 5.10 Å². The van der Waals surface area contributed by atoms with Gasteiger partial charge >= 0.3 is 0 Å². The smallest absolute Gasteiger partial charge is 0.252 e. The number of carbonyl (C=O) groups excluding carboxylic acids is 1. The predicted molar refractivity (Wildman–Crippen MR) is 118 cm³/mol. The fourth-order valence-corrected chi connectivity index (χ4v) is 4.31. The van der Waals surface area contributed by atoms with E-state index in [4.69, 9.17) is 11.6 Å². The molecule has 3 heterocycles. The maximum Gasteiger partial charge on any atom is 0.252 e. The number of alkyl halides is 1. The zero-order valence-electron chi connectivity index (χ0n) is 16.9. The quantitative estimate of drug-likeness (QED) is 0.417. The Bertz CT molecular complexity index is 1320. The van der Waals surface area contributed by atoms with Crippen molar-refractivity contribution in [2.75, 3.05) is 18.1 Å². The van der Waals surface area contributed by atoms with Crippen molar-refractivity contribution < 1.29 is 13.6 Å². The average Bonchev–Trinajstić information content (AvgIpc) is 3.23. The molecule has 0 N–H and O–H groups in total. The lowest BCUT2D eigenvalue weighted by Crippen LogP contribution is -2.38. The first-order valence-electron chi connectivity index (χ1n) is 10.2. The highest BCUT2D eigenvalue weighted by Crippen LogP contribution is 2.33. The van der Waals surface area contributed by atoms with Gasteiger partial charge in [-0.1, -0.05) is 35.0 Å². The number of carbonyl (C=O) groups is 1. The van der Waals surface area contributed by atoms with Crippen molar-refractivity contribution >= 4 is 34.0 Å². The van der Waals surface area contributed by atoms with Gasteiger partial charge in [0.2, 0.25) is 0 Å². The van der Waals surface area contributed by atoms with Crippen molar-refractivity contribution in [2.24, 2.45) is 0 Å². The van der Waals surface area contributed by atoms with Gasteiger partial charge in [0.15, 0.2) is 0 Å². The summed E-state index contributed by atoms with van der Waals surface area (Å²) in [4.78, 5) is 18.7. The van der Waals surface area contributed by atoms with E-state index in [1.54, 1.807) is 24.5 Å². The van der Waals surface area contributed by atoms with E-state index in [1.165, 1.54) is 21.7 Å². The van der Waals surface area contributed by atoms with E-state index >= 15 is 0 Å². The molecular formula is C23H18ClF2N5O. The Balaban J connectivity index is 1.49. The van der Waals surface area contributed by atoms with E-state index in [1.807, 2.05) is 18.2 Å². The number of rotatable bonds is 4. The minimum absolute atomic E-state index is 0.145. The van der Waals surface area contributed by atoms with Gasteiger partial charge in [-0.2, -0.15) is 0 Å². The highest BCUT2D eigenvalue weighted by Gasteiger charge is 2.33. The Labute approximate surface area is 187 Å².